The Morgan fingerprint density at radius 1 is 0.842 bits per heavy atom. The van der Waals surface area contributed by atoms with Crippen LogP contribution in [-0.2, 0) is 33.1 Å². The third kappa shape index (κ3) is 8.60. The average Bonchev–Trinajstić information content (AvgIpc) is 2.87. The monoisotopic (exact) mass is 587 g/mol. The molecule has 0 spiro atoms. The van der Waals surface area contributed by atoms with Crippen LogP contribution in [0.2, 0.25) is 0 Å². The van der Waals surface area contributed by atoms with E-state index in [0.29, 0.717) is 0 Å². The standard InChI is InChI=1S/C23H23N3S.C6H15O2PS2/c1-3-25(4-2)23(24-18-12-6-5-7-13-18)26-19-14-8-10-16-21(19)27-22-17-11-9-15-20(22)26;1-5(2)7-9(10,11)8-6(3)4/h5-17H,3-4H2,1-2H3;5-6H,1-4H3,(H,10,11). The summed E-state index contributed by atoms with van der Waals surface area (Å²) in [6.07, 6.45) is 0.106. The smallest absolute Gasteiger partial charge is 0.363 e. The maximum Gasteiger partial charge on any atom is 0.363 e. The van der Waals surface area contributed by atoms with Crippen LogP contribution < -0.4 is 10.2 Å². The van der Waals surface area contributed by atoms with Gasteiger partial charge in [-0.15, -0.1) is 0 Å². The summed E-state index contributed by atoms with van der Waals surface area (Å²) in [6.45, 7) is 13.9. The van der Waals surface area contributed by atoms with Gasteiger partial charge in [0.2, 0.25) is 0 Å². The lowest BCUT2D eigenvalue weighted by atomic mass is 10.2. The van der Waals surface area contributed by atoms with Crippen LogP contribution in [0.5, 0.6) is 0 Å². The molecule has 0 saturated carbocycles. The molecule has 3 aromatic rings. The Kier molecular flexibility index (Phi) is 11.8. The van der Waals surface area contributed by atoms with Gasteiger partial charge in [-0.05, 0) is 77.9 Å². The summed E-state index contributed by atoms with van der Waals surface area (Å²) in [5, 5.41) is 3.69. The van der Waals surface area contributed by atoms with Gasteiger partial charge in [0.15, 0.2) is 0 Å². The van der Waals surface area contributed by atoms with Crippen molar-refractivity contribution in [1.29, 1.82) is 0 Å². The lowest BCUT2D eigenvalue weighted by Gasteiger charge is -2.31. The molecule has 1 N–H and O–H groups in total. The first-order valence-corrected chi connectivity index (χ1v) is 17.4. The van der Waals surface area contributed by atoms with Crippen LogP contribution in [0, 0.1) is 0 Å². The van der Waals surface area contributed by atoms with E-state index in [1.807, 2.05) is 45.5 Å². The second-order valence-corrected chi connectivity index (χ2v) is 15.1. The molecule has 1 heterocycles. The van der Waals surface area contributed by atoms with Crippen LogP contribution in [0.3, 0.4) is 0 Å². The topological polar surface area (TPSA) is 36.7 Å². The van der Waals surface area contributed by atoms with Crippen molar-refractivity contribution in [2.45, 2.75) is 63.5 Å². The van der Waals surface area contributed by atoms with Gasteiger partial charge in [0.05, 0.1) is 46.5 Å². The molecule has 1 aliphatic rings. The van der Waals surface area contributed by atoms with Crippen LogP contribution in [0.25, 0.3) is 0 Å². The van der Waals surface area contributed by atoms with Gasteiger partial charge in [-0.2, -0.15) is 4.90 Å². The second kappa shape index (κ2) is 14.5. The average molecular weight is 588 g/mol. The predicted molar refractivity (Wildman–Crippen MR) is 170 cm³/mol. The third-order valence-corrected chi connectivity index (χ3v) is 8.94. The zero-order valence-corrected chi connectivity index (χ0v) is 26.3. The van der Waals surface area contributed by atoms with Gasteiger partial charge in [-0.3, -0.25) is 4.58 Å². The Balaban J connectivity index is 0.000000310. The fourth-order valence-electron chi connectivity index (χ4n) is 3.92. The molecule has 9 heteroatoms. The largest absolute Gasteiger partial charge is 0.691 e. The fourth-order valence-corrected chi connectivity index (χ4v) is 8.13. The predicted octanol–water partition coefficient (Wildman–Crippen LogP) is 8.42. The first-order valence-electron chi connectivity index (χ1n) is 12.9. The van der Waals surface area contributed by atoms with Gasteiger partial charge in [0, 0.05) is 0 Å². The second-order valence-electron chi connectivity index (χ2n) is 9.12. The molecule has 38 heavy (non-hydrogen) atoms. The van der Waals surface area contributed by atoms with Crippen molar-refractivity contribution in [2.24, 2.45) is 0 Å². The number of para-hydroxylation sites is 3. The van der Waals surface area contributed by atoms with E-state index < -0.39 is 5.69 Å². The third-order valence-electron chi connectivity index (χ3n) is 5.42. The first-order chi connectivity index (χ1) is 18.1. The highest BCUT2D eigenvalue weighted by atomic mass is 32.9. The zero-order chi connectivity index (χ0) is 27.7. The van der Waals surface area contributed by atoms with Crippen LogP contribution in [0.4, 0.5) is 17.1 Å². The Hall–Kier alpha value is -1.80. The summed E-state index contributed by atoms with van der Waals surface area (Å²) < 4.78 is 12.9. The zero-order valence-electron chi connectivity index (χ0n) is 23.0. The molecule has 0 amide bonds. The highest BCUT2D eigenvalue weighted by Gasteiger charge is 2.33. The minimum absolute atomic E-state index is 0.0529. The molecular weight excluding hydrogens is 550 g/mol. The van der Waals surface area contributed by atoms with Crippen LogP contribution in [-0.4, -0.2) is 35.8 Å². The van der Waals surface area contributed by atoms with Crippen molar-refractivity contribution >= 4 is 64.5 Å². The molecule has 0 fully saturated rings. The van der Waals surface area contributed by atoms with E-state index in [1.54, 1.807) is 0 Å². The van der Waals surface area contributed by atoms with Gasteiger partial charge < -0.3 is 21.3 Å². The highest BCUT2D eigenvalue weighted by Crippen LogP contribution is 2.49. The van der Waals surface area contributed by atoms with E-state index in [-0.39, 0.29) is 12.2 Å². The van der Waals surface area contributed by atoms with E-state index in [0.717, 1.165) is 24.7 Å². The summed E-state index contributed by atoms with van der Waals surface area (Å²) in [5.41, 5.74) is 1.13. The summed E-state index contributed by atoms with van der Waals surface area (Å²) >= 11 is 11.8. The summed E-state index contributed by atoms with van der Waals surface area (Å²) in [5.74, 6) is 1.09. The Morgan fingerprint density at radius 2 is 1.29 bits per heavy atom. The molecule has 1 aliphatic heterocycles. The SMILES string of the molecule is CC(C)OP(=S)([S-])OC(C)C.CC[N+](CC)=C(Nc1ccccc1)N1c2ccccc2Sc2ccccc21. The molecular formula is C29H38N3O2PS3. The van der Waals surface area contributed by atoms with E-state index in [1.165, 1.54) is 21.2 Å². The minimum Gasteiger partial charge on any atom is -0.691 e. The van der Waals surface area contributed by atoms with Crippen LogP contribution in [0.15, 0.2) is 88.7 Å². The summed E-state index contributed by atoms with van der Waals surface area (Å²) in [7, 11) is 0. The van der Waals surface area contributed by atoms with Crippen molar-refractivity contribution in [3.05, 3.63) is 78.9 Å². The van der Waals surface area contributed by atoms with Crippen molar-refractivity contribution in [3.63, 3.8) is 0 Å². The number of hydrogen-bond acceptors (Lipinski definition) is 5. The number of anilines is 3. The highest BCUT2D eigenvalue weighted by molar-refractivity contribution is 8.51. The molecule has 0 unspecified atom stereocenters. The molecule has 0 aliphatic carbocycles. The number of nitrogens with one attached hydrogen (secondary N) is 1. The van der Waals surface area contributed by atoms with E-state index >= 15 is 0 Å². The maximum atomic E-state index is 5.27. The Morgan fingerprint density at radius 3 is 1.74 bits per heavy atom. The molecule has 0 aromatic heterocycles. The molecule has 0 bridgehead atoms. The number of nitrogens with zero attached hydrogens (tertiary/aromatic N) is 2. The van der Waals surface area contributed by atoms with Gasteiger partial charge in [0.25, 0.3) is 0 Å². The number of fused-ring (bicyclic) bond motifs is 2. The molecule has 3 aromatic carbocycles. The molecule has 0 saturated heterocycles. The summed E-state index contributed by atoms with van der Waals surface area (Å²) in [6, 6.07) is 27.7. The van der Waals surface area contributed by atoms with Gasteiger partial charge in [0.1, 0.15) is 11.4 Å². The van der Waals surface area contributed by atoms with Crippen molar-refractivity contribution < 1.29 is 13.6 Å². The Labute approximate surface area is 243 Å². The first kappa shape index (κ1) is 30.7. The Bertz CT molecular complexity index is 1200. The number of rotatable bonds is 7. The molecule has 204 valence electrons. The molecule has 4 rings (SSSR count). The maximum absolute atomic E-state index is 5.27. The fraction of sp³-hybridized carbons (Fsp3) is 0.345. The molecule has 5 nitrogen and oxygen atoms in total. The van der Waals surface area contributed by atoms with Gasteiger partial charge >= 0.3 is 5.96 Å². The molecule has 0 atom stereocenters. The van der Waals surface area contributed by atoms with E-state index in [2.05, 4.69) is 101 Å². The lowest BCUT2D eigenvalue weighted by Crippen LogP contribution is -2.42. The van der Waals surface area contributed by atoms with E-state index in [9.17, 15) is 0 Å². The number of guanidine groups is 1. The summed E-state index contributed by atoms with van der Waals surface area (Å²) in [4.78, 5) is 4.91. The van der Waals surface area contributed by atoms with Crippen LogP contribution in [0.1, 0.15) is 41.5 Å². The van der Waals surface area contributed by atoms with Crippen molar-refractivity contribution in [1.82, 2.24) is 0 Å². The molecule has 0 radical (unpaired) electrons. The lowest BCUT2D eigenvalue weighted by molar-refractivity contribution is -0.521. The minimum atomic E-state index is -2.39. The quantitative estimate of drug-likeness (QED) is 0.0978. The normalized spacial score (nSPS) is 12.4. The van der Waals surface area contributed by atoms with E-state index in [4.69, 9.17) is 33.1 Å². The van der Waals surface area contributed by atoms with Gasteiger partial charge in [-0.25, -0.2) is 5.32 Å². The number of benzene rings is 3. The van der Waals surface area contributed by atoms with Gasteiger partial charge in [-0.1, -0.05) is 66.0 Å². The van der Waals surface area contributed by atoms with Crippen molar-refractivity contribution in [2.75, 3.05) is 23.3 Å². The van der Waals surface area contributed by atoms with Crippen LogP contribution >= 0.6 is 17.5 Å². The number of hydrogen-bond donors (Lipinski definition) is 1. The van der Waals surface area contributed by atoms with Crippen molar-refractivity contribution in [3.8, 4) is 0 Å².